The molecule has 0 aromatic rings. The highest BCUT2D eigenvalue weighted by molar-refractivity contribution is 5.79. The molecule has 0 radical (unpaired) electrons. The van der Waals surface area contributed by atoms with Crippen molar-refractivity contribution in [2.24, 2.45) is 0 Å². The molecule has 1 aliphatic rings. The maximum absolute atomic E-state index is 10.1. The van der Waals surface area contributed by atoms with E-state index in [1.165, 1.54) is 7.11 Å². The Morgan fingerprint density at radius 3 is 2.71 bits per heavy atom. The van der Waals surface area contributed by atoms with E-state index in [0.29, 0.717) is 6.61 Å². The molecule has 0 spiro atoms. The van der Waals surface area contributed by atoms with E-state index in [9.17, 15) is 4.79 Å². The van der Waals surface area contributed by atoms with Gasteiger partial charge >= 0.3 is 5.97 Å². The van der Waals surface area contributed by atoms with Crippen LogP contribution in [0.2, 0.25) is 0 Å². The minimum Gasteiger partial charge on any atom is -0.460 e. The van der Waals surface area contributed by atoms with E-state index in [2.05, 4.69) is 9.47 Å². The van der Waals surface area contributed by atoms with Crippen LogP contribution in [0.15, 0.2) is 0 Å². The molecule has 1 heterocycles. The fourth-order valence-corrected chi connectivity index (χ4v) is 0.384. The summed E-state index contributed by atoms with van der Waals surface area (Å²) < 4.78 is 8.99. The van der Waals surface area contributed by atoms with Gasteiger partial charge in [-0.2, -0.15) is 0 Å². The predicted molar refractivity (Wildman–Crippen MR) is 21.8 cm³/mol. The highest BCUT2D eigenvalue weighted by atomic mass is 16.6. The lowest BCUT2D eigenvalue weighted by Gasteiger charge is -2.21. The molecule has 0 N–H and O–H groups in total. The van der Waals surface area contributed by atoms with Crippen LogP contribution >= 0.6 is 0 Å². The van der Waals surface area contributed by atoms with Gasteiger partial charge in [0.25, 0.3) is 0 Å². The third-order valence-electron chi connectivity index (χ3n) is 0.924. The summed E-state index contributed by atoms with van der Waals surface area (Å²) in [6, 6.07) is 0. The van der Waals surface area contributed by atoms with Crippen LogP contribution in [0.4, 0.5) is 0 Å². The van der Waals surface area contributed by atoms with Gasteiger partial charge in [0, 0.05) is 7.11 Å². The molecular weight excluding hydrogens is 96.0 g/mol. The van der Waals surface area contributed by atoms with Crippen LogP contribution in [0.3, 0.4) is 0 Å². The molecule has 3 heteroatoms. The van der Waals surface area contributed by atoms with Crippen LogP contribution in [0.25, 0.3) is 0 Å². The molecule has 1 aliphatic heterocycles. The van der Waals surface area contributed by atoms with Gasteiger partial charge in [-0.1, -0.05) is 0 Å². The van der Waals surface area contributed by atoms with Crippen LogP contribution in [-0.2, 0) is 14.3 Å². The molecule has 0 amide bonds. The van der Waals surface area contributed by atoms with Crippen molar-refractivity contribution in [2.75, 3.05) is 13.7 Å². The Morgan fingerprint density at radius 1 is 2.00 bits per heavy atom. The second-order valence-corrected chi connectivity index (χ2v) is 1.35. The lowest BCUT2D eigenvalue weighted by Crippen LogP contribution is -2.41. The molecular formula is C4H6O3. The van der Waals surface area contributed by atoms with Crippen molar-refractivity contribution in [3.8, 4) is 0 Å². The lowest BCUT2D eigenvalue weighted by molar-refractivity contribution is -0.182. The SMILES string of the molecule is COC1COC1=O. The van der Waals surface area contributed by atoms with Crippen LogP contribution in [0.5, 0.6) is 0 Å². The van der Waals surface area contributed by atoms with Gasteiger partial charge in [0.15, 0.2) is 6.10 Å². The Bertz CT molecular complexity index is 86.9. The average molecular weight is 102 g/mol. The van der Waals surface area contributed by atoms with Crippen molar-refractivity contribution in [3.05, 3.63) is 0 Å². The van der Waals surface area contributed by atoms with Gasteiger partial charge in [-0.3, -0.25) is 0 Å². The minimum atomic E-state index is -0.278. The first-order valence-corrected chi connectivity index (χ1v) is 2.04. The van der Waals surface area contributed by atoms with E-state index in [-0.39, 0.29) is 12.1 Å². The lowest BCUT2D eigenvalue weighted by atomic mass is 10.3. The number of esters is 1. The molecule has 0 aromatic heterocycles. The van der Waals surface area contributed by atoms with E-state index in [1.807, 2.05) is 0 Å². The smallest absolute Gasteiger partial charge is 0.338 e. The van der Waals surface area contributed by atoms with E-state index in [0.717, 1.165) is 0 Å². The average Bonchev–Trinajstić information content (AvgIpc) is 1.65. The van der Waals surface area contributed by atoms with Crippen LogP contribution in [-0.4, -0.2) is 25.8 Å². The second kappa shape index (κ2) is 1.50. The van der Waals surface area contributed by atoms with E-state index < -0.39 is 0 Å². The molecule has 40 valence electrons. The summed E-state index contributed by atoms with van der Waals surface area (Å²) in [6.45, 7) is 0.426. The van der Waals surface area contributed by atoms with Crippen LogP contribution in [0, 0.1) is 0 Å². The Hall–Kier alpha value is -0.570. The first kappa shape index (κ1) is 4.59. The zero-order valence-corrected chi connectivity index (χ0v) is 4.01. The van der Waals surface area contributed by atoms with Crippen molar-refractivity contribution in [1.82, 2.24) is 0 Å². The van der Waals surface area contributed by atoms with Crippen molar-refractivity contribution < 1.29 is 14.3 Å². The third-order valence-corrected chi connectivity index (χ3v) is 0.924. The van der Waals surface area contributed by atoms with Crippen molar-refractivity contribution in [2.45, 2.75) is 6.10 Å². The summed E-state index contributed by atoms with van der Waals surface area (Å²) in [7, 11) is 1.49. The fourth-order valence-electron chi connectivity index (χ4n) is 0.384. The molecule has 1 rings (SSSR count). The monoisotopic (exact) mass is 102 g/mol. The van der Waals surface area contributed by atoms with Crippen LogP contribution < -0.4 is 0 Å². The molecule has 1 unspecified atom stereocenters. The van der Waals surface area contributed by atoms with Crippen molar-refractivity contribution >= 4 is 5.97 Å². The van der Waals surface area contributed by atoms with Crippen molar-refractivity contribution in [1.29, 1.82) is 0 Å². The van der Waals surface area contributed by atoms with Gasteiger partial charge in [0.1, 0.15) is 6.61 Å². The summed E-state index contributed by atoms with van der Waals surface area (Å²) in [5.41, 5.74) is 0. The minimum absolute atomic E-state index is 0.248. The number of ether oxygens (including phenoxy) is 2. The van der Waals surface area contributed by atoms with Gasteiger partial charge in [-0.15, -0.1) is 0 Å². The fraction of sp³-hybridized carbons (Fsp3) is 0.750. The van der Waals surface area contributed by atoms with Gasteiger partial charge < -0.3 is 9.47 Å². The maximum Gasteiger partial charge on any atom is 0.338 e. The first-order valence-electron chi connectivity index (χ1n) is 2.04. The quantitative estimate of drug-likeness (QED) is 0.421. The maximum atomic E-state index is 10.1. The van der Waals surface area contributed by atoms with E-state index in [4.69, 9.17) is 0 Å². The molecule has 0 saturated carbocycles. The number of cyclic esters (lactones) is 1. The summed E-state index contributed by atoms with van der Waals surface area (Å²) in [5.74, 6) is -0.248. The van der Waals surface area contributed by atoms with Gasteiger partial charge in [0.2, 0.25) is 0 Å². The largest absolute Gasteiger partial charge is 0.460 e. The van der Waals surface area contributed by atoms with Crippen molar-refractivity contribution in [3.63, 3.8) is 0 Å². The predicted octanol–water partition coefficient (Wildman–Crippen LogP) is -0.442. The molecule has 1 fully saturated rings. The standard InChI is InChI=1S/C4H6O3/c1-6-3-2-7-4(3)5/h3H,2H2,1H3. The van der Waals surface area contributed by atoms with Gasteiger partial charge in [-0.05, 0) is 0 Å². The Kier molecular flexibility index (Phi) is 0.982. The zero-order chi connectivity index (χ0) is 5.28. The molecule has 1 atom stereocenters. The molecule has 0 bridgehead atoms. The second-order valence-electron chi connectivity index (χ2n) is 1.35. The molecule has 1 saturated heterocycles. The van der Waals surface area contributed by atoms with E-state index >= 15 is 0 Å². The number of methoxy groups -OCH3 is 1. The number of hydrogen-bond acceptors (Lipinski definition) is 3. The number of carbonyl (C=O) groups is 1. The van der Waals surface area contributed by atoms with Gasteiger partial charge in [-0.25, -0.2) is 4.79 Å². The topological polar surface area (TPSA) is 35.5 Å². The molecule has 7 heavy (non-hydrogen) atoms. The summed E-state index contributed by atoms with van der Waals surface area (Å²) in [4.78, 5) is 10.1. The summed E-state index contributed by atoms with van der Waals surface area (Å²) in [5, 5.41) is 0. The first-order chi connectivity index (χ1) is 3.34. The number of hydrogen-bond donors (Lipinski definition) is 0. The third kappa shape index (κ3) is 0.587. The summed E-state index contributed by atoms with van der Waals surface area (Å²) >= 11 is 0. The molecule has 0 aliphatic carbocycles. The Morgan fingerprint density at radius 2 is 2.71 bits per heavy atom. The van der Waals surface area contributed by atoms with Gasteiger partial charge in [0.05, 0.1) is 0 Å². The van der Waals surface area contributed by atoms with E-state index in [1.54, 1.807) is 0 Å². The van der Waals surface area contributed by atoms with Crippen LogP contribution in [0.1, 0.15) is 0 Å². The zero-order valence-electron chi connectivity index (χ0n) is 4.01. The number of carbonyl (C=O) groups excluding carboxylic acids is 1. The Labute approximate surface area is 41.2 Å². The molecule has 0 aromatic carbocycles. The number of rotatable bonds is 1. The normalized spacial score (nSPS) is 28.7. The highest BCUT2D eigenvalue weighted by Gasteiger charge is 2.29. The highest BCUT2D eigenvalue weighted by Crippen LogP contribution is 2.04. The Balaban J connectivity index is 2.29. The summed E-state index contributed by atoms with van der Waals surface area (Å²) in [6.07, 6.45) is -0.278. The molecule has 3 nitrogen and oxygen atoms in total.